The van der Waals surface area contributed by atoms with Crippen LogP contribution in [0, 0.1) is 0 Å². The zero-order chi connectivity index (χ0) is 14.8. The molecule has 20 heavy (non-hydrogen) atoms. The Morgan fingerprint density at radius 3 is 2.50 bits per heavy atom. The van der Waals surface area contributed by atoms with Crippen molar-refractivity contribution < 1.29 is 14.3 Å². The molecule has 1 aromatic carbocycles. The van der Waals surface area contributed by atoms with Crippen molar-refractivity contribution in [1.29, 1.82) is 0 Å². The molecule has 1 heterocycles. The molecule has 0 saturated carbocycles. The van der Waals surface area contributed by atoms with E-state index < -0.39 is 11.7 Å². The summed E-state index contributed by atoms with van der Waals surface area (Å²) >= 11 is 0. The molecule has 1 aliphatic heterocycles. The lowest BCUT2D eigenvalue weighted by atomic mass is 9.95. The maximum Gasteiger partial charge on any atom is 0.407 e. The third kappa shape index (κ3) is 4.23. The highest BCUT2D eigenvalue weighted by Gasteiger charge is 2.48. The van der Waals surface area contributed by atoms with Crippen molar-refractivity contribution in [3.63, 3.8) is 0 Å². The van der Waals surface area contributed by atoms with Crippen molar-refractivity contribution in [3.8, 4) is 0 Å². The Labute approximate surface area is 120 Å². The summed E-state index contributed by atoms with van der Waals surface area (Å²) in [7, 11) is 0. The summed E-state index contributed by atoms with van der Waals surface area (Å²) in [5.41, 5.74) is 0.393. The smallest absolute Gasteiger partial charge is 0.407 e. The average molecular weight is 277 g/mol. The number of amides is 1. The Bertz CT molecular complexity index is 460. The van der Waals surface area contributed by atoms with E-state index >= 15 is 0 Å². The van der Waals surface area contributed by atoms with E-state index in [9.17, 15) is 4.79 Å². The van der Waals surface area contributed by atoms with Gasteiger partial charge in [-0.05, 0) is 39.7 Å². The number of hydrogen-bond donors (Lipinski definition) is 1. The second-order valence-electron chi connectivity index (χ2n) is 6.49. The minimum absolute atomic E-state index is 0.0836. The molecule has 0 aliphatic carbocycles. The van der Waals surface area contributed by atoms with E-state index in [1.165, 1.54) is 5.56 Å². The highest BCUT2D eigenvalue weighted by Crippen LogP contribution is 2.32. The van der Waals surface area contributed by atoms with Gasteiger partial charge in [0.25, 0.3) is 0 Å². The lowest BCUT2D eigenvalue weighted by molar-refractivity contribution is 0.0476. The van der Waals surface area contributed by atoms with E-state index in [0.717, 1.165) is 6.42 Å². The molecule has 4 heteroatoms. The van der Waals surface area contributed by atoms with Crippen molar-refractivity contribution in [2.24, 2.45) is 0 Å². The van der Waals surface area contributed by atoms with E-state index in [4.69, 9.17) is 9.47 Å². The summed E-state index contributed by atoms with van der Waals surface area (Å²) in [6, 6.07) is 9.99. The van der Waals surface area contributed by atoms with Gasteiger partial charge in [-0.3, -0.25) is 0 Å². The van der Waals surface area contributed by atoms with Crippen LogP contribution in [0.1, 0.15) is 33.3 Å². The van der Waals surface area contributed by atoms with E-state index in [2.05, 4.69) is 17.4 Å². The predicted octanol–water partition coefficient (Wildman–Crippen LogP) is 2.91. The summed E-state index contributed by atoms with van der Waals surface area (Å²) in [6.07, 6.45) is 0.339. The molecule has 1 aliphatic rings. The molecule has 2 rings (SSSR count). The number of hydrogen-bond acceptors (Lipinski definition) is 3. The van der Waals surface area contributed by atoms with Gasteiger partial charge in [0, 0.05) is 0 Å². The molecular weight excluding hydrogens is 254 g/mol. The first-order valence-corrected chi connectivity index (χ1v) is 6.96. The molecule has 0 unspecified atom stereocenters. The van der Waals surface area contributed by atoms with E-state index in [0.29, 0.717) is 6.61 Å². The highest BCUT2D eigenvalue weighted by atomic mass is 16.6. The van der Waals surface area contributed by atoms with Crippen LogP contribution in [0.25, 0.3) is 0 Å². The SMILES string of the molecule is CC(C)(C)OC(=O)N[C@@H](Cc1ccccc1)[C@]1(C)CO1. The van der Waals surface area contributed by atoms with Gasteiger partial charge in [-0.2, -0.15) is 0 Å². The van der Waals surface area contributed by atoms with Crippen LogP contribution in [-0.2, 0) is 15.9 Å². The van der Waals surface area contributed by atoms with Crippen molar-refractivity contribution in [2.75, 3.05) is 6.61 Å². The molecule has 0 bridgehead atoms. The number of ether oxygens (including phenoxy) is 2. The largest absolute Gasteiger partial charge is 0.444 e. The minimum Gasteiger partial charge on any atom is -0.444 e. The third-order valence-electron chi connectivity index (χ3n) is 3.31. The van der Waals surface area contributed by atoms with Crippen LogP contribution in [-0.4, -0.2) is 29.9 Å². The maximum atomic E-state index is 11.9. The fraction of sp³-hybridized carbons (Fsp3) is 0.562. The molecule has 0 spiro atoms. The molecule has 1 aromatic rings. The van der Waals surface area contributed by atoms with Gasteiger partial charge in [0.1, 0.15) is 11.2 Å². The molecule has 0 aromatic heterocycles. The van der Waals surface area contributed by atoms with Crippen molar-refractivity contribution in [3.05, 3.63) is 35.9 Å². The minimum atomic E-state index is -0.493. The molecule has 1 N–H and O–H groups in total. The lowest BCUT2D eigenvalue weighted by Crippen LogP contribution is -2.47. The van der Waals surface area contributed by atoms with E-state index in [1.807, 2.05) is 45.9 Å². The molecule has 2 atom stereocenters. The van der Waals surface area contributed by atoms with Gasteiger partial charge in [0.05, 0.1) is 12.6 Å². The number of carbonyl (C=O) groups is 1. The summed E-state index contributed by atoms with van der Waals surface area (Å²) in [5, 5.41) is 2.94. The Morgan fingerprint density at radius 2 is 2.00 bits per heavy atom. The highest BCUT2D eigenvalue weighted by molar-refractivity contribution is 5.68. The van der Waals surface area contributed by atoms with Gasteiger partial charge in [-0.1, -0.05) is 30.3 Å². The Balaban J connectivity index is 2.00. The predicted molar refractivity (Wildman–Crippen MR) is 77.7 cm³/mol. The molecule has 4 nitrogen and oxygen atoms in total. The number of carbonyl (C=O) groups excluding carboxylic acids is 1. The Morgan fingerprint density at radius 1 is 1.40 bits per heavy atom. The second kappa shape index (κ2) is 5.44. The Hall–Kier alpha value is -1.55. The summed E-state index contributed by atoms with van der Waals surface area (Å²) in [6.45, 7) is 8.24. The van der Waals surface area contributed by atoms with Gasteiger partial charge in [0.15, 0.2) is 0 Å². The van der Waals surface area contributed by atoms with Gasteiger partial charge < -0.3 is 14.8 Å². The number of alkyl carbamates (subject to hydrolysis) is 1. The number of benzene rings is 1. The van der Waals surface area contributed by atoms with Crippen molar-refractivity contribution >= 4 is 6.09 Å². The number of nitrogens with one attached hydrogen (secondary N) is 1. The fourth-order valence-corrected chi connectivity index (χ4v) is 2.03. The van der Waals surface area contributed by atoms with Crippen molar-refractivity contribution in [2.45, 2.75) is 51.4 Å². The number of rotatable bonds is 4. The van der Waals surface area contributed by atoms with E-state index in [-0.39, 0.29) is 11.6 Å². The monoisotopic (exact) mass is 277 g/mol. The van der Waals surface area contributed by atoms with Crippen molar-refractivity contribution in [1.82, 2.24) is 5.32 Å². The van der Waals surface area contributed by atoms with Crippen LogP contribution in [0.3, 0.4) is 0 Å². The van der Waals surface area contributed by atoms with Gasteiger partial charge >= 0.3 is 6.09 Å². The Kier molecular flexibility index (Phi) is 4.04. The van der Waals surface area contributed by atoms with Crippen LogP contribution in [0.5, 0.6) is 0 Å². The maximum absolute atomic E-state index is 11.9. The molecule has 1 fully saturated rings. The van der Waals surface area contributed by atoms with Crippen LogP contribution >= 0.6 is 0 Å². The molecule has 0 radical (unpaired) electrons. The van der Waals surface area contributed by atoms with E-state index in [1.54, 1.807) is 0 Å². The number of epoxide rings is 1. The topological polar surface area (TPSA) is 50.9 Å². The summed E-state index contributed by atoms with van der Waals surface area (Å²) in [4.78, 5) is 11.9. The standard InChI is InChI=1S/C16H23NO3/c1-15(2,3)20-14(18)17-13(16(4)11-19-16)10-12-8-6-5-7-9-12/h5-9,13H,10-11H2,1-4H3,(H,17,18)/t13-,16-/m0/s1. The molecule has 1 saturated heterocycles. The first-order chi connectivity index (χ1) is 9.28. The quantitative estimate of drug-likeness (QED) is 0.861. The van der Waals surface area contributed by atoms with Crippen LogP contribution < -0.4 is 5.32 Å². The molecule has 110 valence electrons. The van der Waals surface area contributed by atoms with Gasteiger partial charge in [-0.25, -0.2) is 4.79 Å². The summed E-state index contributed by atoms with van der Waals surface area (Å²) < 4.78 is 10.8. The zero-order valence-electron chi connectivity index (χ0n) is 12.6. The summed E-state index contributed by atoms with van der Waals surface area (Å²) in [5.74, 6) is 0. The molecule has 1 amide bonds. The van der Waals surface area contributed by atoms with Gasteiger partial charge in [-0.15, -0.1) is 0 Å². The fourth-order valence-electron chi connectivity index (χ4n) is 2.03. The van der Waals surface area contributed by atoms with Crippen LogP contribution in [0.2, 0.25) is 0 Å². The third-order valence-corrected chi connectivity index (χ3v) is 3.31. The zero-order valence-corrected chi connectivity index (χ0v) is 12.6. The van der Waals surface area contributed by atoms with Gasteiger partial charge in [0.2, 0.25) is 0 Å². The average Bonchev–Trinajstić information content (AvgIpc) is 3.07. The first-order valence-electron chi connectivity index (χ1n) is 6.96. The molecular formula is C16H23NO3. The normalized spacial score (nSPS) is 23.0. The van der Waals surface area contributed by atoms with Crippen LogP contribution in [0.4, 0.5) is 4.79 Å². The first kappa shape index (κ1) is 14.9. The second-order valence-corrected chi connectivity index (χ2v) is 6.49. The lowest BCUT2D eigenvalue weighted by Gasteiger charge is -2.26. The van der Waals surface area contributed by atoms with Crippen LogP contribution in [0.15, 0.2) is 30.3 Å².